The first-order valence-electron chi connectivity index (χ1n) is 3.78. The Bertz CT molecular complexity index is 352. The van der Waals surface area contributed by atoms with Gasteiger partial charge in [-0.15, -0.1) is 15.3 Å². The highest BCUT2D eigenvalue weighted by molar-refractivity contribution is 8.11. The van der Waals surface area contributed by atoms with Crippen LogP contribution in [0.5, 0.6) is 0 Å². The van der Waals surface area contributed by atoms with Crippen molar-refractivity contribution < 1.29 is 8.42 Å². The number of sulfonamides is 1. The SMILES string of the molecule is C=C(Cl)S(=O)(=O)N(CC)SC(Cl)C(Cl)(Cl)Cl. The van der Waals surface area contributed by atoms with Gasteiger partial charge in [-0.3, -0.25) is 0 Å². The van der Waals surface area contributed by atoms with Crippen molar-refractivity contribution in [2.75, 3.05) is 6.54 Å². The third-order valence-electron chi connectivity index (χ3n) is 1.27. The van der Waals surface area contributed by atoms with E-state index in [2.05, 4.69) is 6.58 Å². The number of hydrogen-bond donors (Lipinski definition) is 0. The Hall–Kier alpha value is 1.45. The molecular weight excluding hydrogens is 359 g/mol. The predicted molar refractivity (Wildman–Crippen MR) is 73.8 cm³/mol. The van der Waals surface area contributed by atoms with Crippen molar-refractivity contribution >= 4 is 80.0 Å². The van der Waals surface area contributed by atoms with Gasteiger partial charge in [-0.25, -0.2) is 8.42 Å². The molecule has 0 bridgehead atoms. The van der Waals surface area contributed by atoms with Gasteiger partial charge in [0.05, 0.1) is 0 Å². The van der Waals surface area contributed by atoms with E-state index < -0.39 is 22.9 Å². The van der Waals surface area contributed by atoms with Gasteiger partial charge in [0.15, 0.2) is 0 Å². The summed E-state index contributed by atoms with van der Waals surface area (Å²) in [5, 5.41) is 0. The molecule has 0 aromatic heterocycles. The fraction of sp³-hybridized carbons (Fsp3) is 0.667. The standard InChI is InChI=1S/C6H8Cl5NO2S2/c1-3-12(16(13,14)4(2)7)15-5(8)6(9,10)11/h5H,2-3H2,1H3. The van der Waals surface area contributed by atoms with Crippen molar-refractivity contribution in [3.8, 4) is 0 Å². The van der Waals surface area contributed by atoms with E-state index in [0.717, 1.165) is 3.71 Å². The summed E-state index contributed by atoms with van der Waals surface area (Å²) in [6, 6.07) is 0. The molecule has 96 valence electrons. The fourth-order valence-electron chi connectivity index (χ4n) is 0.575. The highest BCUT2D eigenvalue weighted by Gasteiger charge is 2.36. The van der Waals surface area contributed by atoms with Crippen LogP contribution in [-0.4, -0.2) is 27.2 Å². The number of nitrogens with zero attached hydrogens (tertiary/aromatic N) is 1. The maximum absolute atomic E-state index is 11.6. The Morgan fingerprint density at radius 1 is 1.50 bits per heavy atom. The maximum Gasteiger partial charge on any atom is 0.262 e. The van der Waals surface area contributed by atoms with Crippen LogP contribution in [0.2, 0.25) is 0 Å². The molecule has 0 rings (SSSR count). The lowest BCUT2D eigenvalue weighted by Gasteiger charge is -2.24. The van der Waals surface area contributed by atoms with Gasteiger partial charge in [0.2, 0.25) is 3.79 Å². The van der Waals surface area contributed by atoms with Crippen LogP contribution in [0.15, 0.2) is 10.9 Å². The van der Waals surface area contributed by atoms with Crippen LogP contribution >= 0.6 is 70.0 Å². The quantitative estimate of drug-likeness (QED) is 0.546. The molecule has 1 unspecified atom stereocenters. The van der Waals surface area contributed by atoms with Crippen LogP contribution < -0.4 is 0 Å². The zero-order chi connectivity index (χ0) is 13.1. The summed E-state index contributed by atoms with van der Waals surface area (Å²) in [5.74, 6) is 0. The molecule has 0 aliphatic carbocycles. The van der Waals surface area contributed by atoms with Crippen LogP contribution in [0.3, 0.4) is 0 Å². The molecule has 0 aromatic rings. The van der Waals surface area contributed by atoms with Crippen molar-refractivity contribution in [2.24, 2.45) is 0 Å². The van der Waals surface area contributed by atoms with E-state index in [0.29, 0.717) is 11.9 Å². The van der Waals surface area contributed by atoms with Crippen LogP contribution in [0, 0.1) is 0 Å². The molecule has 16 heavy (non-hydrogen) atoms. The molecule has 0 heterocycles. The van der Waals surface area contributed by atoms with Crippen molar-refractivity contribution in [2.45, 2.75) is 15.4 Å². The molecular formula is C6H8Cl5NO2S2. The highest BCUT2D eigenvalue weighted by Crippen LogP contribution is 2.42. The highest BCUT2D eigenvalue weighted by atomic mass is 35.6. The van der Waals surface area contributed by atoms with E-state index >= 15 is 0 Å². The van der Waals surface area contributed by atoms with Gasteiger partial charge >= 0.3 is 0 Å². The van der Waals surface area contributed by atoms with Crippen LogP contribution in [0.25, 0.3) is 0 Å². The van der Waals surface area contributed by atoms with Crippen molar-refractivity contribution in [1.82, 2.24) is 3.71 Å². The molecule has 0 fully saturated rings. The van der Waals surface area contributed by atoms with E-state index in [1.165, 1.54) is 0 Å². The summed E-state index contributed by atoms with van der Waals surface area (Å²) in [6.45, 7) is 4.85. The van der Waals surface area contributed by atoms with Gasteiger partial charge in [-0.05, 0) is 11.9 Å². The topological polar surface area (TPSA) is 37.4 Å². The Labute approximate surface area is 124 Å². The summed E-state index contributed by atoms with van der Waals surface area (Å²) >= 11 is 28.3. The number of rotatable bonds is 5. The molecule has 0 spiro atoms. The van der Waals surface area contributed by atoms with E-state index in [1.54, 1.807) is 6.92 Å². The molecule has 0 aromatic carbocycles. The molecule has 0 amide bonds. The molecule has 10 heteroatoms. The Morgan fingerprint density at radius 3 is 2.19 bits per heavy atom. The number of hydrogen-bond acceptors (Lipinski definition) is 3. The Kier molecular flexibility index (Phi) is 7.16. The average molecular weight is 368 g/mol. The minimum atomic E-state index is -3.84. The molecule has 1 atom stereocenters. The second-order valence-electron chi connectivity index (χ2n) is 2.44. The molecule has 0 saturated carbocycles. The first kappa shape index (κ1) is 17.4. The van der Waals surface area contributed by atoms with Gasteiger partial charge in [0, 0.05) is 6.54 Å². The van der Waals surface area contributed by atoms with Crippen molar-refractivity contribution in [3.63, 3.8) is 0 Å². The lowest BCUT2D eigenvalue weighted by atomic mass is 10.8. The summed E-state index contributed by atoms with van der Waals surface area (Å²) < 4.78 is 20.8. The van der Waals surface area contributed by atoms with Gasteiger partial charge in [0.1, 0.15) is 9.07 Å². The average Bonchev–Trinajstić information content (AvgIpc) is 2.11. The second-order valence-corrected chi connectivity index (χ2v) is 9.42. The van der Waals surface area contributed by atoms with Crippen LogP contribution in [0.4, 0.5) is 0 Å². The Morgan fingerprint density at radius 2 is 1.94 bits per heavy atom. The largest absolute Gasteiger partial charge is 0.262 e. The lowest BCUT2D eigenvalue weighted by Crippen LogP contribution is -2.29. The second kappa shape index (κ2) is 6.57. The first-order valence-corrected chi connectivity index (χ1v) is 8.00. The minimum Gasteiger partial charge on any atom is -0.205 e. The third-order valence-corrected chi connectivity index (χ3v) is 7.04. The summed E-state index contributed by atoms with van der Waals surface area (Å²) in [6.07, 6.45) is 0. The summed E-state index contributed by atoms with van der Waals surface area (Å²) in [7, 11) is -3.84. The van der Waals surface area contributed by atoms with Gasteiger partial charge in [-0.1, -0.05) is 59.9 Å². The van der Waals surface area contributed by atoms with E-state index in [1.807, 2.05) is 0 Å². The zero-order valence-corrected chi connectivity index (χ0v) is 13.4. The Balaban J connectivity index is 4.87. The monoisotopic (exact) mass is 365 g/mol. The zero-order valence-electron chi connectivity index (χ0n) is 7.96. The smallest absolute Gasteiger partial charge is 0.205 e. The maximum atomic E-state index is 11.6. The van der Waals surface area contributed by atoms with Gasteiger partial charge in [-0.2, -0.15) is 0 Å². The fourth-order valence-corrected chi connectivity index (χ4v) is 3.75. The van der Waals surface area contributed by atoms with Gasteiger partial charge < -0.3 is 0 Å². The third kappa shape index (κ3) is 4.98. The van der Waals surface area contributed by atoms with Gasteiger partial charge in [0.25, 0.3) is 10.0 Å². The molecule has 0 aliphatic rings. The molecule has 0 aliphatic heterocycles. The van der Waals surface area contributed by atoms with Crippen LogP contribution in [-0.2, 0) is 10.0 Å². The summed E-state index contributed by atoms with van der Waals surface area (Å²) in [5.41, 5.74) is 0. The predicted octanol–water partition coefficient (Wildman–Crippen LogP) is 3.93. The first-order chi connectivity index (χ1) is 7.03. The number of alkyl halides is 4. The van der Waals surface area contributed by atoms with Crippen molar-refractivity contribution in [3.05, 3.63) is 10.9 Å². The van der Waals surface area contributed by atoms with E-state index in [-0.39, 0.29) is 6.54 Å². The summed E-state index contributed by atoms with van der Waals surface area (Å²) in [4.78, 5) is 0. The lowest BCUT2D eigenvalue weighted by molar-refractivity contribution is 0.558. The minimum absolute atomic E-state index is 0.114. The number of halogens is 5. The molecule has 3 nitrogen and oxygen atoms in total. The molecule has 0 saturated heterocycles. The molecule has 0 N–H and O–H groups in total. The van der Waals surface area contributed by atoms with Crippen molar-refractivity contribution in [1.29, 1.82) is 0 Å². The van der Waals surface area contributed by atoms with E-state index in [4.69, 9.17) is 58.0 Å². The van der Waals surface area contributed by atoms with E-state index in [9.17, 15) is 8.42 Å². The van der Waals surface area contributed by atoms with Crippen LogP contribution in [0.1, 0.15) is 6.92 Å². The molecule has 0 radical (unpaired) electrons. The normalized spacial score (nSPS) is 15.2.